The highest BCUT2D eigenvalue weighted by atomic mass is 16.5. The predicted octanol–water partition coefficient (Wildman–Crippen LogP) is 3.23. The molecule has 52 heavy (non-hydrogen) atoms. The van der Waals surface area contributed by atoms with Crippen molar-refractivity contribution < 1.29 is 38.6 Å². The van der Waals surface area contributed by atoms with Crippen LogP contribution in [-0.2, 0) is 30.4 Å². The first kappa shape index (κ1) is 43.7. The quantitative estimate of drug-likeness (QED) is 0.0760. The standard InChI is InChI=1S/C38H60N6O8/c1-9-25(5)32(34(47)44(26(6)10-2)23-38(7,8)36(39)50)42-33(46)29(40-37(51)41-30(35(48)49)20-24(3)4)21-27-14-16-28(17-15-27)52-31(45)22-43-18-12-11-13-19-43/h10,14-17,24-26,29-30,32H,2,9,11-13,18-23H2,1,3-8H3,(H2,39,50)(H,42,46)(H,48,49)(H2,40,41,51). The molecule has 5 amide bonds. The van der Waals surface area contributed by atoms with Crippen LogP contribution >= 0.6 is 0 Å². The van der Waals surface area contributed by atoms with Crippen LogP contribution in [0.4, 0.5) is 4.79 Å². The first-order chi connectivity index (χ1) is 24.4. The van der Waals surface area contributed by atoms with Crippen LogP contribution in [0.15, 0.2) is 36.9 Å². The van der Waals surface area contributed by atoms with Gasteiger partial charge in [-0.25, -0.2) is 9.59 Å². The number of amides is 5. The second-order valence-corrected chi connectivity index (χ2v) is 14.9. The maximum atomic E-state index is 14.2. The number of urea groups is 1. The van der Waals surface area contributed by atoms with Crippen LogP contribution in [0.5, 0.6) is 5.75 Å². The first-order valence-corrected chi connectivity index (χ1v) is 18.2. The SMILES string of the molecule is C=CC(C)N(CC(C)(C)C(N)=O)C(=O)C(NC(=O)C(Cc1ccc(OC(=O)CN2CCCCC2)cc1)NC(=O)NC(CC(C)C)C(=O)O)C(C)CC. The Hall–Kier alpha value is -4.46. The average Bonchev–Trinajstić information content (AvgIpc) is 3.08. The van der Waals surface area contributed by atoms with Gasteiger partial charge in [0.25, 0.3) is 0 Å². The molecule has 1 aliphatic rings. The van der Waals surface area contributed by atoms with Crippen molar-refractivity contribution in [1.29, 1.82) is 0 Å². The van der Waals surface area contributed by atoms with Crippen LogP contribution < -0.4 is 26.4 Å². The number of ether oxygens (including phenoxy) is 1. The van der Waals surface area contributed by atoms with Gasteiger partial charge in [-0.3, -0.25) is 24.1 Å². The van der Waals surface area contributed by atoms with Crippen LogP contribution in [0.2, 0.25) is 0 Å². The minimum absolute atomic E-state index is 0.0252. The van der Waals surface area contributed by atoms with Gasteiger partial charge in [0.15, 0.2) is 0 Å². The van der Waals surface area contributed by atoms with E-state index in [1.54, 1.807) is 51.1 Å². The van der Waals surface area contributed by atoms with Crippen molar-refractivity contribution >= 4 is 35.7 Å². The number of primary amides is 1. The van der Waals surface area contributed by atoms with Gasteiger partial charge in [0.2, 0.25) is 17.7 Å². The Kier molecular flexibility index (Phi) is 17.3. The molecule has 0 aliphatic carbocycles. The van der Waals surface area contributed by atoms with Crippen molar-refractivity contribution in [3.8, 4) is 5.75 Å². The number of hydrogen-bond acceptors (Lipinski definition) is 8. The molecule has 14 heteroatoms. The number of likely N-dealkylation sites (tertiary alicyclic amines) is 1. The lowest BCUT2D eigenvalue weighted by molar-refractivity contribution is -0.142. The minimum Gasteiger partial charge on any atom is -0.480 e. The largest absolute Gasteiger partial charge is 0.480 e. The molecule has 1 aliphatic heterocycles. The highest BCUT2D eigenvalue weighted by Crippen LogP contribution is 2.22. The zero-order valence-corrected chi connectivity index (χ0v) is 31.9. The fourth-order valence-electron chi connectivity index (χ4n) is 5.82. The van der Waals surface area contributed by atoms with E-state index in [9.17, 15) is 33.9 Å². The number of piperidine rings is 1. The Morgan fingerprint density at radius 1 is 0.981 bits per heavy atom. The van der Waals surface area contributed by atoms with Gasteiger partial charge >= 0.3 is 18.0 Å². The van der Waals surface area contributed by atoms with Crippen LogP contribution in [0.25, 0.3) is 0 Å². The van der Waals surface area contributed by atoms with Gasteiger partial charge in [-0.05, 0) is 82.7 Å². The fraction of sp³-hybridized carbons (Fsp3) is 0.632. The molecular formula is C38H60N6O8. The summed E-state index contributed by atoms with van der Waals surface area (Å²) in [5.74, 6) is -3.38. The molecule has 0 bridgehead atoms. The molecule has 14 nitrogen and oxygen atoms in total. The lowest BCUT2D eigenvalue weighted by atomic mass is 9.90. The van der Waals surface area contributed by atoms with Crippen LogP contribution in [0.3, 0.4) is 0 Å². The van der Waals surface area contributed by atoms with Gasteiger partial charge in [-0.2, -0.15) is 0 Å². The number of nitrogens with zero attached hydrogens (tertiary/aromatic N) is 2. The Morgan fingerprint density at radius 3 is 2.10 bits per heavy atom. The monoisotopic (exact) mass is 728 g/mol. The molecule has 5 atom stereocenters. The first-order valence-electron chi connectivity index (χ1n) is 18.2. The van der Waals surface area contributed by atoms with E-state index in [2.05, 4.69) is 27.4 Å². The fourth-order valence-corrected chi connectivity index (χ4v) is 5.82. The zero-order valence-electron chi connectivity index (χ0n) is 31.9. The number of rotatable bonds is 20. The predicted molar refractivity (Wildman–Crippen MR) is 198 cm³/mol. The lowest BCUT2D eigenvalue weighted by Gasteiger charge is -2.38. The maximum absolute atomic E-state index is 14.2. The van der Waals surface area contributed by atoms with Gasteiger partial charge in [-0.15, -0.1) is 6.58 Å². The molecule has 290 valence electrons. The van der Waals surface area contributed by atoms with E-state index in [1.165, 1.54) is 4.90 Å². The van der Waals surface area contributed by atoms with E-state index in [0.29, 0.717) is 17.7 Å². The van der Waals surface area contributed by atoms with E-state index >= 15 is 0 Å². The number of nitrogens with two attached hydrogens (primary N) is 1. The van der Waals surface area contributed by atoms with Crippen molar-refractivity contribution in [2.45, 2.75) is 111 Å². The molecule has 1 aromatic rings. The van der Waals surface area contributed by atoms with Gasteiger partial charge in [0.05, 0.1) is 12.0 Å². The zero-order chi connectivity index (χ0) is 39.2. The molecule has 1 heterocycles. The third-order valence-corrected chi connectivity index (χ3v) is 9.45. The molecule has 1 aromatic carbocycles. The lowest BCUT2D eigenvalue weighted by Crippen LogP contribution is -2.60. The summed E-state index contributed by atoms with van der Waals surface area (Å²) in [6.07, 6.45) is 5.44. The molecule has 5 unspecified atom stereocenters. The summed E-state index contributed by atoms with van der Waals surface area (Å²) in [5.41, 5.74) is 5.15. The Morgan fingerprint density at radius 2 is 1.58 bits per heavy atom. The van der Waals surface area contributed by atoms with Gasteiger partial charge in [0, 0.05) is 19.0 Å². The number of carboxylic acid groups (broad SMARTS) is 1. The second-order valence-electron chi connectivity index (χ2n) is 14.9. The number of benzene rings is 1. The average molecular weight is 729 g/mol. The summed E-state index contributed by atoms with van der Waals surface area (Å²) >= 11 is 0. The smallest absolute Gasteiger partial charge is 0.326 e. The molecule has 1 saturated heterocycles. The minimum atomic E-state index is -1.24. The van der Waals surface area contributed by atoms with Crippen molar-refractivity contribution in [2.75, 3.05) is 26.2 Å². The molecule has 1 fully saturated rings. The molecule has 0 saturated carbocycles. The van der Waals surface area contributed by atoms with Crippen molar-refractivity contribution in [2.24, 2.45) is 23.0 Å². The van der Waals surface area contributed by atoms with Gasteiger partial charge < -0.3 is 36.4 Å². The number of carboxylic acids is 1. The topological polar surface area (TPSA) is 200 Å². The van der Waals surface area contributed by atoms with Crippen molar-refractivity contribution in [1.82, 2.24) is 25.8 Å². The van der Waals surface area contributed by atoms with E-state index in [1.807, 2.05) is 27.7 Å². The molecule has 0 spiro atoms. The number of carbonyl (C=O) groups is 6. The van der Waals surface area contributed by atoms with E-state index < -0.39 is 59.3 Å². The summed E-state index contributed by atoms with van der Waals surface area (Å²) in [5, 5.41) is 17.6. The Labute approximate surface area is 308 Å². The number of nitrogens with one attached hydrogen (secondary N) is 3. The maximum Gasteiger partial charge on any atom is 0.326 e. The van der Waals surface area contributed by atoms with E-state index in [0.717, 1.165) is 32.4 Å². The number of carbonyl (C=O) groups excluding carboxylic acids is 5. The molecule has 2 rings (SSSR count). The van der Waals surface area contributed by atoms with Crippen LogP contribution in [-0.4, -0.2) is 101 Å². The number of hydrogen-bond donors (Lipinski definition) is 5. The molecule has 0 aromatic heterocycles. The second kappa shape index (κ2) is 20.5. The molecular weight excluding hydrogens is 668 g/mol. The van der Waals surface area contributed by atoms with E-state index in [4.69, 9.17) is 10.5 Å². The summed E-state index contributed by atoms with van der Waals surface area (Å²) in [4.78, 5) is 81.6. The molecule has 6 N–H and O–H groups in total. The third-order valence-electron chi connectivity index (χ3n) is 9.45. The van der Waals surface area contributed by atoms with Crippen LogP contribution in [0, 0.1) is 17.3 Å². The highest BCUT2D eigenvalue weighted by molar-refractivity contribution is 5.93. The van der Waals surface area contributed by atoms with Crippen molar-refractivity contribution in [3.05, 3.63) is 42.5 Å². The normalized spacial score (nSPS) is 16.4. The Bertz CT molecular complexity index is 1390. The van der Waals surface area contributed by atoms with Gasteiger partial charge in [0.1, 0.15) is 23.9 Å². The third kappa shape index (κ3) is 13.9. The summed E-state index contributed by atoms with van der Waals surface area (Å²) in [6.45, 7) is 18.0. The molecule has 0 radical (unpaired) electrons. The van der Waals surface area contributed by atoms with Gasteiger partial charge in [-0.1, -0.05) is 58.7 Å². The summed E-state index contributed by atoms with van der Waals surface area (Å²) in [6, 6.07) is 1.67. The highest BCUT2D eigenvalue weighted by Gasteiger charge is 2.38. The number of esters is 1. The summed E-state index contributed by atoms with van der Waals surface area (Å²) < 4.78 is 5.53. The van der Waals surface area contributed by atoms with E-state index in [-0.39, 0.29) is 43.7 Å². The Balaban J connectivity index is 2.37. The van der Waals surface area contributed by atoms with Crippen molar-refractivity contribution in [3.63, 3.8) is 0 Å². The summed E-state index contributed by atoms with van der Waals surface area (Å²) in [7, 11) is 0. The van der Waals surface area contributed by atoms with Crippen LogP contribution in [0.1, 0.15) is 86.1 Å². The number of aliphatic carboxylic acids is 1.